The van der Waals surface area contributed by atoms with Crippen LogP contribution in [0.15, 0.2) is 4.82 Å². The molecule has 0 spiro atoms. The van der Waals surface area contributed by atoms with Gasteiger partial charge in [-0.1, -0.05) is 0 Å². The molecule has 0 aliphatic heterocycles. The fraction of sp³-hybridized carbons (Fsp3) is 0.750. The van der Waals surface area contributed by atoms with E-state index in [9.17, 15) is 0 Å². The van der Waals surface area contributed by atoms with Crippen LogP contribution in [0, 0.1) is 0 Å². The molecule has 0 heterocycles. The number of hydrogen-bond acceptors (Lipinski definition) is 0. The minimum absolute atomic E-state index is 1.09. The third-order valence-electron chi connectivity index (χ3n) is 1.60. The molecule has 0 atom stereocenters. The van der Waals surface area contributed by atoms with Crippen molar-refractivity contribution in [1.29, 1.82) is 0 Å². The van der Waals surface area contributed by atoms with E-state index in [1.807, 2.05) is 0 Å². The first-order valence-electron chi connectivity index (χ1n) is 3.95. The van der Waals surface area contributed by atoms with E-state index in [1.54, 1.807) is 4.82 Å². The Morgan fingerprint density at radius 3 is 1.18 bits per heavy atom. The van der Waals surface area contributed by atoms with Gasteiger partial charge in [-0.3, -0.25) is 0 Å². The van der Waals surface area contributed by atoms with Crippen LogP contribution in [0.2, 0.25) is 39.3 Å². The molecule has 0 aromatic rings. The molecule has 0 radical (unpaired) electrons. The Morgan fingerprint density at radius 2 is 1.18 bits per heavy atom. The molecule has 0 amide bonds. The predicted molar refractivity (Wildman–Crippen MR) is 55.2 cm³/mol. The van der Waals surface area contributed by atoms with Gasteiger partial charge >= 0.3 is 80.6 Å². The van der Waals surface area contributed by atoms with Crippen LogP contribution in [-0.2, 0) is 15.9 Å². The van der Waals surface area contributed by atoms with Crippen molar-refractivity contribution in [2.24, 2.45) is 0 Å². The Bertz CT molecular complexity index is 173. The van der Waals surface area contributed by atoms with Crippen LogP contribution >= 0.6 is 0 Å². The maximum atomic E-state index is 3.30. The van der Waals surface area contributed by atoms with Crippen molar-refractivity contribution in [2.75, 3.05) is 0 Å². The molecular formula is C8H18CrSi2. The monoisotopic (exact) mass is 222 g/mol. The number of hydrogen-bond donors (Lipinski definition) is 0. The fourth-order valence-electron chi connectivity index (χ4n) is 1.43. The molecule has 0 saturated heterocycles. The van der Waals surface area contributed by atoms with Crippen molar-refractivity contribution in [3.63, 3.8) is 0 Å². The summed E-state index contributed by atoms with van der Waals surface area (Å²) in [6, 6.07) is 0. The molecule has 0 aromatic heterocycles. The quantitative estimate of drug-likeness (QED) is 0.630. The summed E-state index contributed by atoms with van der Waals surface area (Å²) in [5.41, 5.74) is 0. The van der Waals surface area contributed by atoms with Crippen molar-refractivity contribution in [1.82, 2.24) is 0 Å². The van der Waals surface area contributed by atoms with Gasteiger partial charge in [-0.2, -0.15) is 0 Å². The summed E-state index contributed by atoms with van der Waals surface area (Å²) in [6.07, 6.45) is 0. The second-order valence-electron chi connectivity index (χ2n) is 4.98. The molecule has 3 heteroatoms. The second kappa shape index (κ2) is 3.56. The first kappa shape index (κ1) is 11.6. The van der Waals surface area contributed by atoms with E-state index >= 15 is 0 Å². The van der Waals surface area contributed by atoms with E-state index in [-0.39, 0.29) is 0 Å². The van der Waals surface area contributed by atoms with E-state index in [0.717, 1.165) is 0 Å². The van der Waals surface area contributed by atoms with Crippen molar-refractivity contribution in [3.05, 3.63) is 4.82 Å². The van der Waals surface area contributed by atoms with Gasteiger partial charge in [0.25, 0.3) is 0 Å². The Morgan fingerprint density at radius 1 is 0.909 bits per heavy atom. The normalized spacial score (nSPS) is 12.5. The molecule has 0 N–H and O–H groups in total. The van der Waals surface area contributed by atoms with Gasteiger partial charge < -0.3 is 0 Å². The summed E-state index contributed by atoms with van der Waals surface area (Å²) in [6.45, 7) is 14.4. The summed E-state index contributed by atoms with van der Waals surface area (Å²) in [5.74, 6) is 0. The van der Waals surface area contributed by atoms with Gasteiger partial charge in [0.15, 0.2) is 0 Å². The average molecular weight is 222 g/mol. The molecule has 0 aliphatic rings. The SMILES string of the molecule is C[Si](C)(C)C(=[C]=[Cr])[Si](C)(C)C. The van der Waals surface area contributed by atoms with Crippen molar-refractivity contribution in [2.45, 2.75) is 39.3 Å². The standard InChI is InChI=1S/C8H18Si2.Cr/c1-8(9(2,3)4)10(5,6)7;/h2-7H3;. The average Bonchev–Trinajstić information content (AvgIpc) is 1.56. The molecule has 0 unspecified atom stereocenters. The van der Waals surface area contributed by atoms with Crippen molar-refractivity contribution in [3.8, 4) is 0 Å². The Kier molecular flexibility index (Phi) is 3.75. The van der Waals surface area contributed by atoms with Crippen LogP contribution in [0.4, 0.5) is 0 Å². The van der Waals surface area contributed by atoms with E-state index in [1.165, 1.54) is 0 Å². The molecule has 0 saturated carbocycles. The van der Waals surface area contributed by atoms with E-state index in [0.29, 0.717) is 0 Å². The zero-order valence-electron chi connectivity index (χ0n) is 8.41. The summed E-state index contributed by atoms with van der Waals surface area (Å²) < 4.78 is 3.30. The summed E-state index contributed by atoms with van der Waals surface area (Å²) in [7, 11) is -2.17. The van der Waals surface area contributed by atoms with Gasteiger partial charge in [-0.25, -0.2) is 0 Å². The zero-order chi connectivity index (χ0) is 9.28. The van der Waals surface area contributed by atoms with Crippen LogP contribution in [0.3, 0.4) is 0 Å². The molecule has 64 valence electrons. The first-order chi connectivity index (χ1) is 4.69. The minimum atomic E-state index is -1.09. The molecule has 0 nitrogen and oxygen atoms in total. The van der Waals surface area contributed by atoms with E-state index in [4.69, 9.17) is 0 Å². The van der Waals surface area contributed by atoms with Gasteiger partial charge in [0.2, 0.25) is 0 Å². The molecule has 0 aliphatic carbocycles. The van der Waals surface area contributed by atoms with Crippen LogP contribution in [0.5, 0.6) is 0 Å². The second-order valence-corrected chi connectivity index (χ2v) is 15.8. The van der Waals surface area contributed by atoms with Crippen LogP contribution < -0.4 is 0 Å². The van der Waals surface area contributed by atoms with E-state index < -0.39 is 16.1 Å². The molecular weight excluding hydrogens is 204 g/mol. The summed E-state index contributed by atoms with van der Waals surface area (Å²) in [4.78, 5) is 1.63. The van der Waals surface area contributed by atoms with Crippen molar-refractivity contribution < 1.29 is 15.9 Å². The summed E-state index contributed by atoms with van der Waals surface area (Å²) >= 11 is 2.94. The van der Waals surface area contributed by atoms with Gasteiger partial charge in [-0.15, -0.1) is 0 Å². The van der Waals surface area contributed by atoms with Gasteiger partial charge in [0.1, 0.15) is 0 Å². The van der Waals surface area contributed by atoms with Crippen LogP contribution in [0.25, 0.3) is 0 Å². The Hall–Kier alpha value is 0.616. The van der Waals surface area contributed by atoms with Gasteiger partial charge in [0.05, 0.1) is 0 Å². The van der Waals surface area contributed by atoms with Crippen LogP contribution in [-0.4, -0.2) is 20.7 Å². The maximum absolute atomic E-state index is 3.30. The molecule has 0 aromatic carbocycles. The van der Waals surface area contributed by atoms with Crippen molar-refractivity contribution >= 4 is 20.7 Å². The number of rotatable bonds is 2. The topological polar surface area (TPSA) is 0 Å². The molecule has 0 bridgehead atoms. The Balaban J connectivity index is 4.90. The molecule has 0 rings (SSSR count). The van der Waals surface area contributed by atoms with Crippen LogP contribution in [0.1, 0.15) is 0 Å². The third kappa shape index (κ3) is 3.69. The molecule has 0 fully saturated rings. The third-order valence-corrected chi connectivity index (χ3v) is 10.3. The van der Waals surface area contributed by atoms with E-state index in [2.05, 4.69) is 59.7 Å². The first-order valence-corrected chi connectivity index (χ1v) is 11.6. The predicted octanol–water partition coefficient (Wildman–Crippen LogP) is 2.62. The Labute approximate surface area is 80.7 Å². The van der Waals surface area contributed by atoms with Gasteiger partial charge in [-0.05, 0) is 0 Å². The van der Waals surface area contributed by atoms with Gasteiger partial charge in [0, 0.05) is 0 Å². The fourth-order valence-corrected chi connectivity index (χ4v) is 13.9. The summed E-state index contributed by atoms with van der Waals surface area (Å²) in [5, 5.41) is 0. The molecule has 11 heavy (non-hydrogen) atoms. The zero-order valence-corrected chi connectivity index (χ0v) is 11.7.